The van der Waals surface area contributed by atoms with Gasteiger partial charge in [-0.05, 0) is 39.7 Å². The lowest BCUT2D eigenvalue weighted by Gasteiger charge is -2.20. The van der Waals surface area contributed by atoms with Gasteiger partial charge in [0, 0.05) is 37.7 Å². The van der Waals surface area contributed by atoms with Crippen LogP contribution in [0.1, 0.15) is 56.8 Å². The lowest BCUT2D eigenvalue weighted by atomic mass is 10.2. The fraction of sp³-hybridized carbons (Fsp3) is 0.722. The van der Waals surface area contributed by atoms with E-state index in [1.54, 1.807) is 0 Å². The maximum absolute atomic E-state index is 12.2. The lowest BCUT2D eigenvalue weighted by Crippen LogP contribution is -2.37. The van der Waals surface area contributed by atoms with Crippen molar-refractivity contribution >= 4 is 11.8 Å². The fourth-order valence-electron chi connectivity index (χ4n) is 3.21. The highest BCUT2D eigenvalue weighted by Gasteiger charge is 2.17. The molecule has 1 aliphatic rings. The van der Waals surface area contributed by atoms with Gasteiger partial charge in [-0.2, -0.15) is 5.10 Å². The van der Waals surface area contributed by atoms with E-state index >= 15 is 0 Å². The van der Waals surface area contributed by atoms with Crippen LogP contribution >= 0.6 is 0 Å². The van der Waals surface area contributed by atoms with E-state index in [0.717, 1.165) is 37.3 Å². The van der Waals surface area contributed by atoms with Crippen LogP contribution in [0.15, 0.2) is 6.07 Å². The first-order valence-corrected chi connectivity index (χ1v) is 9.04. The number of carbonyl (C=O) groups is 2. The summed E-state index contributed by atoms with van der Waals surface area (Å²) in [6.07, 6.45) is 5.13. The summed E-state index contributed by atoms with van der Waals surface area (Å²) in [5.41, 5.74) is 2.07. The molecule has 2 rings (SSSR count). The fourth-order valence-corrected chi connectivity index (χ4v) is 3.21. The minimum Gasteiger partial charge on any atom is -0.352 e. The molecule has 2 amide bonds. The van der Waals surface area contributed by atoms with Crippen molar-refractivity contribution in [1.29, 1.82) is 0 Å². The topological polar surface area (TPSA) is 67.2 Å². The van der Waals surface area contributed by atoms with Crippen LogP contribution in [-0.4, -0.2) is 45.6 Å². The molecule has 0 saturated carbocycles. The van der Waals surface area contributed by atoms with Gasteiger partial charge in [0.15, 0.2) is 0 Å². The molecule has 0 spiro atoms. The molecule has 1 aliphatic heterocycles. The van der Waals surface area contributed by atoms with Crippen molar-refractivity contribution in [3.8, 4) is 0 Å². The molecule has 134 valence electrons. The number of hydrogen-bond donors (Lipinski definition) is 1. The highest BCUT2D eigenvalue weighted by molar-refractivity contribution is 5.83. The first-order valence-electron chi connectivity index (χ1n) is 9.04. The number of rotatable bonds is 6. The molecule has 0 bridgehead atoms. The van der Waals surface area contributed by atoms with Gasteiger partial charge in [-0.15, -0.1) is 0 Å². The summed E-state index contributed by atoms with van der Waals surface area (Å²) in [7, 11) is 0. The molecule has 24 heavy (non-hydrogen) atoms. The molecule has 6 nitrogen and oxygen atoms in total. The van der Waals surface area contributed by atoms with Gasteiger partial charge in [0.05, 0.1) is 12.2 Å². The van der Waals surface area contributed by atoms with E-state index in [2.05, 4.69) is 10.4 Å². The van der Waals surface area contributed by atoms with Gasteiger partial charge in [-0.3, -0.25) is 14.3 Å². The Labute approximate surface area is 144 Å². The van der Waals surface area contributed by atoms with Crippen molar-refractivity contribution < 1.29 is 9.59 Å². The molecule has 0 radical (unpaired) electrons. The highest BCUT2D eigenvalue weighted by atomic mass is 16.2. The summed E-state index contributed by atoms with van der Waals surface area (Å²) in [5.74, 6) is 0.0467. The first-order chi connectivity index (χ1) is 11.5. The van der Waals surface area contributed by atoms with E-state index in [-0.39, 0.29) is 24.3 Å². The molecule has 1 saturated heterocycles. The molecule has 6 heteroatoms. The van der Waals surface area contributed by atoms with Crippen LogP contribution in [-0.2, 0) is 16.1 Å². The zero-order valence-corrected chi connectivity index (χ0v) is 15.2. The molecule has 1 N–H and O–H groups in total. The third-order valence-corrected chi connectivity index (χ3v) is 4.48. The zero-order chi connectivity index (χ0) is 17.5. The number of likely N-dealkylation sites (tertiary alicyclic amines) is 1. The van der Waals surface area contributed by atoms with Crippen LogP contribution in [0.2, 0.25) is 0 Å². The molecular weight excluding hydrogens is 304 g/mol. The Hall–Kier alpha value is -1.85. The Morgan fingerprint density at radius 1 is 1.17 bits per heavy atom. The SMILES string of the molecule is Cc1cc(C)n(C[C@H](C)NC(=O)CCC(=O)N2CCCCCC2)n1. The Balaban J connectivity index is 1.72. The Kier molecular flexibility index (Phi) is 6.82. The van der Waals surface area contributed by atoms with Crippen molar-refractivity contribution in [2.75, 3.05) is 13.1 Å². The average molecular weight is 334 g/mol. The maximum Gasteiger partial charge on any atom is 0.223 e. The minimum absolute atomic E-state index is 0.0104. The van der Waals surface area contributed by atoms with Crippen molar-refractivity contribution in [3.05, 3.63) is 17.5 Å². The second kappa shape index (κ2) is 8.85. The van der Waals surface area contributed by atoms with Gasteiger partial charge in [-0.25, -0.2) is 0 Å². The zero-order valence-electron chi connectivity index (χ0n) is 15.2. The van der Waals surface area contributed by atoms with Crippen molar-refractivity contribution in [2.45, 2.75) is 71.9 Å². The third-order valence-electron chi connectivity index (χ3n) is 4.48. The molecule has 1 atom stereocenters. The lowest BCUT2D eigenvalue weighted by molar-refractivity contribution is -0.133. The minimum atomic E-state index is -0.0628. The number of nitrogens with zero attached hydrogens (tertiary/aromatic N) is 3. The number of carbonyl (C=O) groups excluding carboxylic acids is 2. The first kappa shape index (κ1) is 18.5. The molecule has 1 fully saturated rings. The molecule has 0 aromatic carbocycles. The van der Waals surface area contributed by atoms with Crippen LogP contribution in [0.4, 0.5) is 0 Å². The Morgan fingerprint density at radius 2 is 1.83 bits per heavy atom. The Morgan fingerprint density at radius 3 is 2.42 bits per heavy atom. The second-order valence-corrected chi connectivity index (χ2v) is 6.87. The van der Waals surface area contributed by atoms with Crippen molar-refractivity contribution in [1.82, 2.24) is 20.0 Å². The Bertz CT molecular complexity index is 559. The maximum atomic E-state index is 12.2. The van der Waals surface area contributed by atoms with E-state index < -0.39 is 0 Å². The normalized spacial score (nSPS) is 16.5. The predicted molar refractivity (Wildman–Crippen MR) is 93.6 cm³/mol. The van der Waals surface area contributed by atoms with Crippen LogP contribution < -0.4 is 5.32 Å². The average Bonchev–Trinajstić information content (AvgIpc) is 2.73. The summed E-state index contributed by atoms with van der Waals surface area (Å²) in [6.45, 7) is 8.26. The van der Waals surface area contributed by atoms with Crippen molar-refractivity contribution in [3.63, 3.8) is 0 Å². The highest BCUT2D eigenvalue weighted by Crippen LogP contribution is 2.11. The summed E-state index contributed by atoms with van der Waals surface area (Å²) in [6, 6.07) is 2.01. The largest absolute Gasteiger partial charge is 0.352 e. The van der Waals surface area contributed by atoms with E-state index in [1.807, 2.05) is 36.4 Å². The summed E-state index contributed by atoms with van der Waals surface area (Å²) in [4.78, 5) is 26.2. The molecule has 1 aromatic heterocycles. The number of aryl methyl sites for hydroxylation is 2. The molecular formula is C18H30N4O2. The van der Waals surface area contributed by atoms with Gasteiger partial charge in [0.2, 0.25) is 11.8 Å². The van der Waals surface area contributed by atoms with Gasteiger partial charge >= 0.3 is 0 Å². The quantitative estimate of drug-likeness (QED) is 0.867. The summed E-state index contributed by atoms with van der Waals surface area (Å²) < 4.78 is 1.91. The van der Waals surface area contributed by atoms with E-state index in [4.69, 9.17) is 0 Å². The standard InChI is InChI=1S/C18H30N4O2/c1-14-12-16(3)22(20-14)13-15(2)19-17(23)8-9-18(24)21-10-6-4-5-7-11-21/h12,15H,4-11,13H2,1-3H3,(H,19,23)/t15-/m0/s1. The van der Waals surface area contributed by atoms with Gasteiger partial charge < -0.3 is 10.2 Å². The second-order valence-electron chi connectivity index (χ2n) is 6.87. The molecule has 0 unspecified atom stereocenters. The van der Waals surface area contributed by atoms with Crippen molar-refractivity contribution in [2.24, 2.45) is 0 Å². The number of hydrogen-bond acceptors (Lipinski definition) is 3. The number of aromatic nitrogens is 2. The molecule has 1 aromatic rings. The van der Waals surface area contributed by atoms with Crippen LogP contribution in [0.3, 0.4) is 0 Å². The van der Waals surface area contributed by atoms with Crippen LogP contribution in [0.5, 0.6) is 0 Å². The van der Waals surface area contributed by atoms with Gasteiger partial charge in [-0.1, -0.05) is 12.8 Å². The van der Waals surface area contributed by atoms with E-state index in [9.17, 15) is 9.59 Å². The number of amides is 2. The molecule has 0 aliphatic carbocycles. The van der Waals surface area contributed by atoms with Crippen LogP contribution in [0.25, 0.3) is 0 Å². The van der Waals surface area contributed by atoms with Gasteiger partial charge in [0.25, 0.3) is 0 Å². The number of nitrogens with one attached hydrogen (secondary N) is 1. The predicted octanol–water partition coefficient (Wildman–Crippen LogP) is 2.19. The summed E-state index contributed by atoms with van der Waals surface area (Å²) >= 11 is 0. The summed E-state index contributed by atoms with van der Waals surface area (Å²) in [5, 5.41) is 7.37. The smallest absolute Gasteiger partial charge is 0.223 e. The van der Waals surface area contributed by atoms with Crippen LogP contribution in [0, 0.1) is 13.8 Å². The third kappa shape index (κ3) is 5.65. The molecule has 2 heterocycles. The van der Waals surface area contributed by atoms with Gasteiger partial charge in [0.1, 0.15) is 0 Å². The van der Waals surface area contributed by atoms with E-state index in [0.29, 0.717) is 13.0 Å². The van der Waals surface area contributed by atoms with E-state index in [1.165, 1.54) is 12.8 Å². The monoisotopic (exact) mass is 334 g/mol.